The summed E-state index contributed by atoms with van der Waals surface area (Å²) in [6.07, 6.45) is 1.67. The Morgan fingerprint density at radius 2 is 2.32 bits per heavy atom. The lowest BCUT2D eigenvalue weighted by Crippen LogP contribution is -2.16. The van der Waals surface area contributed by atoms with E-state index < -0.39 is 5.97 Å². The summed E-state index contributed by atoms with van der Waals surface area (Å²) in [7, 11) is 0. The van der Waals surface area contributed by atoms with Gasteiger partial charge >= 0.3 is 5.97 Å². The van der Waals surface area contributed by atoms with Gasteiger partial charge in [0.05, 0.1) is 17.3 Å². The Hall–Kier alpha value is -1.76. The van der Waals surface area contributed by atoms with Crippen LogP contribution in [-0.4, -0.2) is 31.3 Å². The molecule has 0 aliphatic rings. The molecule has 0 spiro atoms. The van der Waals surface area contributed by atoms with Crippen molar-refractivity contribution >= 4 is 17.3 Å². The molecule has 0 fully saturated rings. The number of aliphatic carboxylic acids is 1. The first kappa shape index (κ1) is 13.7. The minimum atomic E-state index is -0.831. The molecule has 0 aliphatic carbocycles. The molecule has 19 heavy (non-hydrogen) atoms. The number of thiophene rings is 1. The standard InChI is InChI=1S/C12H16N4O2S/c1-3-4-9(7-11(17)18)16-12(13-14-15-16)10-6-5-8(2)19-10/h5-6,9H,3-4,7H2,1-2H3,(H,17,18). The van der Waals surface area contributed by atoms with Crippen LogP contribution in [-0.2, 0) is 4.79 Å². The number of nitrogens with zero attached hydrogens (tertiary/aromatic N) is 4. The highest BCUT2D eigenvalue weighted by Gasteiger charge is 2.21. The molecule has 102 valence electrons. The summed E-state index contributed by atoms with van der Waals surface area (Å²) >= 11 is 1.60. The number of carbonyl (C=O) groups is 1. The van der Waals surface area contributed by atoms with Gasteiger partial charge in [-0.3, -0.25) is 4.79 Å². The fraction of sp³-hybridized carbons (Fsp3) is 0.500. The second-order valence-corrected chi connectivity index (χ2v) is 5.69. The lowest BCUT2D eigenvalue weighted by Gasteiger charge is -2.14. The van der Waals surface area contributed by atoms with Gasteiger partial charge in [0.15, 0.2) is 5.82 Å². The molecule has 1 atom stereocenters. The number of rotatable bonds is 6. The molecular weight excluding hydrogens is 264 g/mol. The molecule has 0 saturated carbocycles. The second kappa shape index (κ2) is 5.92. The summed E-state index contributed by atoms with van der Waals surface area (Å²) in [5, 5.41) is 20.7. The van der Waals surface area contributed by atoms with Gasteiger partial charge in [0.1, 0.15) is 0 Å². The lowest BCUT2D eigenvalue weighted by atomic mass is 10.1. The largest absolute Gasteiger partial charge is 0.481 e. The normalized spacial score (nSPS) is 12.5. The Labute approximate surface area is 115 Å². The van der Waals surface area contributed by atoms with Gasteiger partial charge in [0.25, 0.3) is 0 Å². The third-order valence-corrected chi connectivity index (χ3v) is 3.83. The molecule has 0 aromatic carbocycles. The molecule has 7 heteroatoms. The van der Waals surface area contributed by atoms with Crippen LogP contribution in [0.1, 0.15) is 37.1 Å². The van der Waals surface area contributed by atoms with Crippen molar-refractivity contribution in [3.63, 3.8) is 0 Å². The van der Waals surface area contributed by atoms with Gasteiger partial charge in [-0.05, 0) is 35.9 Å². The van der Waals surface area contributed by atoms with E-state index in [0.29, 0.717) is 5.82 Å². The highest BCUT2D eigenvalue weighted by molar-refractivity contribution is 7.15. The fourth-order valence-corrected chi connectivity index (χ4v) is 2.85. The molecule has 6 nitrogen and oxygen atoms in total. The van der Waals surface area contributed by atoms with E-state index in [9.17, 15) is 4.79 Å². The van der Waals surface area contributed by atoms with Crippen LogP contribution in [0.2, 0.25) is 0 Å². The molecule has 0 bridgehead atoms. The van der Waals surface area contributed by atoms with Gasteiger partial charge in [-0.25, -0.2) is 4.68 Å². The Bertz CT molecular complexity index is 564. The number of carboxylic acid groups (broad SMARTS) is 1. The zero-order chi connectivity index (χ0) is 13.8. The third kappa shape index (κ3) is 3.17. The van der Waals surface area contributed by atoms with Crippen molar-refractivity contribution in [1.82, 2.24) is 20.2 Å². The molecule has 0 radical (unpaired) electrons. The Morgan fingerprint density at radius 1 is 1.53 bits per heavy atom. The average molecular weight is 280 g/mol. The van der Waals surface area contributed by atoms with E-state index in [2.05, 4.69) is 15.5 Å². The van der Waals surface area contributed by atoms with Crippen molar-refractivity contribution in [2.45, 2.75) is 39.2 Å². The Kier molecular flexibility index (Phi) is 4.26. The number of hydrogen-bond donors (Lipinski definition) is 1. The van der Waals surface area contributed by atoms with Crippen molar-refractivity contribution in [2.75, 3.05) is 0 Å². The van der Waals surface area contributed by atoms with Gasteiger partial charge in [-0.1, -0.05) is 13.3 Å². The molecule has 0 amide bonds. The molecule has 2 rings (SSSR count). The number of aryl methyl sites for hydroxylation is 1. The summed E-state index contributed by atoms with van der Waals surface area (Å²) in [5.41, 5.74) is 0. The van der Waals surface area contributed by atoms with Gasteiger partial charge in [0.2, 0.25) is 0 Å². The molecule has 1 N–H and O–H groups in total. The number of carboxylic acids is 1. The zero-order valence-corrected chi connectivity index (χ0v) is 11.7. The predicted molar refractivity (Wildman–Crippen MR) is 72.1 cm³/mol. The van der Waals surface area contributed by atoms with E-state index in [0.717, 1.165) is 17.7 Å². The quantitative estimate of drug-likeness (QED) is 0.879. The van der Waals surface area contributed by atoms with Crippen LogP contribution in [0.3, 0.4) is 0 Å². The molecule has 2 aromatic rings. The highest BCUT2D eigenvalue weighted by Crippen LogP contribution is 2.29. The van der Waals surface area contributed by atoms with Crippen molar-refractivity contribution < 1.29 is 9.90 Å². The monoisotopic (exact) mass is 280 g/mol. The first-order valence-electron chi connectivity index (χ1n) is 6.18. The topological polar surface area (TPSA) is 80.9 Å². The number of tetrazole rings is 1. The summed E-state index contributed by atoms with van der Waals surface area (Å²) in [4.78, 5) is 13.1. The minimum absolute atomic E-state index is 0.0379. The summed E-state index contributed by atoms with van der Waals surface area (Å²) in [6, 6.07) is 3.77. The zero-order valence-electron chi connectivity index (χ0n) is 10.9. The maximum atomic E-state index is 11.0. The predicted octanol–water partition coefficient (Wildman–Crippen LogP) is 2.53. The Morgan fingerprint density at radius 3 is 2.89 bits per heavy atom. The van der Waals surface area contributed by atoms with Crippen LogP contribution in [0, 0.1) is 6.92 Å². The first-order chi connectivity index (χ1) is 9.11. The lowest BCUT2D eigenvalue weighted by molar-refractivity contribution is -0.138. The smallest absolute Gasteiger partial charge is 0.305 e. The molecular formula is C12H16N4O2S. The van der Waals surface area contributed by atoms with Crippen LogP contribution in [0.15, 0.2) is 12.1 Å². The van der Waals surface area contributed by atoms with Gasteiger partial charge < -0.3 is 5.11 Å². The molecule has 2 heterocycles. The first-order valence-corrected chi connectivity index (χ1v) is 7.00. The average Bonchev–Trinajstić information content (AvgIpc) is 2.95. The third-order valence-electron chi connectivity index (χ3n) is 2.83. The maximum Gasteiger partial charge on any atom is 0.305 e. The summed E-state index contributed by atoms with van der Waals surface area (Å²) in [5.74, 6) is -0.180. The summed E-state index contributed by atoms with van der Waals surface area (Å²) in [6.45, 7) is 4.04. The number of hydrogen-bond acceptors (Lipinski definition) is 5. The van der Waals surface area contributed by atoms with Crippen molar-refractivity contribution in [3.8, 4) is 10.7 Å². The van der Waals surface area contributed by atoms with Gasteiger partial charge in [-0.15, -0.1) is 16.4 Å². The van der Waals surface area contributed by atoms with Gasteiger partial charge in [-0.2, -0.15) is 0 Å². The van der Waals surface area contributed by atoms with Crippen molar-refractivity contribution in [1.29, 1.82) is 0 Å². The maximum absolute atomic E-state index is 11.0. The van der Waals surface area contributed by atoms with E-state index >= 15 is 0 Å². The molecule has 0 aliphatic heterocycles. The molecule has 2 aromatic heterocycles. The van der Waals surface area contributed by atoms with E-state index in [-0.39, 0.29) is 12.5 Å². The van der Waals surface area contributed by atoms with Gasteiger partial charge in [0, 0.05) is 4.88 Å². The fourth-order valence-electron chi connectivity index (χ4n) is 2.00. The summed E-state index contributed by atoms with van der Waals surface area (Å²) < 4.78 is 1.64. The van der Waals surface area contributed by atoms with E-state index in [1.165, 1.54) is 4.88 Å². The van der Waals surface area contributed by atoms with Crippen LogP contribution < -0.4 is 0 Å². The highest BCUT2D eigenvalue weighted by atomic mass is 32.1. The Balaban J connectivity index is 2.33. The molecule has 0 saturated heterocycles. The van der Waals surface area contributed by atoms with Crippen molar-refractivity contribution in [2.24, 2.45) is 0 Å². The minimum Gasteiger partial charge on any atom is -0.481 e. The molecule has 1 unspecified atom stereocenters. The van der Waals surface area contributed by atoms with Crippen molar-refractivity contribution in [3.05, 3.63) is 17.0 Å². The SMILES string of the molecule is CCCC(CC(=O)O)n1nnnc1-c1ccc(C)s1. The van der Waals surface area contributed by atoms with E-state index in [4.69, 9.17) is 5.11 Å². The van der Waals surface area contributed by atoms with Crippen LogP contribution in [0.25, 0.3) is 10.7 Å². The van der Waals surface area contributed by atoms with E-state index in [1.807, 2.05) is 26.0 Å². The van der Waals surface area contributed by atoms with E-state index in [1.54, 1.807) is 16.0 Å². The van der Waals surface area contributed by atoms with Crippen LogP contribution >= 0.6 is 11.3 Å². The number of aromatic nitrogens is 4. The van der Waals surface area contributed by atoms with Crippen LogP contribution in [0.5, 0.6) is 0 Å². The second-order valence-electron chi connectivity index (χ2n) is 4.40. The van der Waals surface area contributed by atoms with Crippen LogP contribution in [0.4, 0.5) is 0 Å².